The number of rotatable bonds is 3. The van der Waals surface area contributed by atoms with Crippen LogP contribution in [0.5, 0.6) is 11.5 Å². The summed E-state index contributed by atoms with van der Waals surface area (Å²) < 4.78 is 4.96. The molecule has 0 fully saturated rings. The second-order valence-corrected chi connectivity index (χ2v) is 3.01. The molecule has 0 bridgehead atoms. The summed E-state index contributed by atoms with van der Waals surface area (Å²) in [5.74, 6) is 0.434. The molecule has 5 nitrogen and oxygen atoms in total. The molecule has 0 heterocycles. The van der Waals surface area contributed by atoms with Gasteiger partial charge in [-0.1, -0.05) is 6.07 Å². The highest BCUT2D eigenvalue weighted by Crippen LogP contribution is 2.25. The fourth-order valence-corrected chi connectivity index (χ4v) is 1.02. The molecular weight excluding hydrogens is 196 g/mol. The first kappa shape index (κ1) is 11.3. The van der Waals surface area contributed by atoms with Crippen molar-refractivity contribution in [1.82, 2.24) is 5.32 Å². The number of ether oxygens (including phenoxy) is 1. The first-order chi connectivity index (χ1) is 7.15. The summed E-state index contributed by atoms with van der Waals surface area (Å²) in [7, 11) is 0. The summed E-state index contributed by atoms with van der Waals surface area (Å²) in [6, 6.07) is 4.74. The van der Waals surface area contributed by atoms with Crippen LogP contribution in [0.1, 0.15) is 5.56 Å². The highest BCUT2D eigenvalue weighted by Gasteiger charge is 2.08. The van der Waals surface area contributed by atoms with Crippen LogP contribution in [-0.2, 0) is 0 Å². The number of hydrogen-bond acceptors (Lipinski definition) is 4. The van der Waals surface area contributed by atoms with Gasteiger partial charge in [0.1, 0.15) is 11.5 Å². The molecule has 0 saturated carbocycles. The Kier molecular flexibility index (Phi) is 3.93. The first-order valence-corrected chi connectivity index (χ1v) is 4.59. The van der Waals surface area contributed by atoms with E-state index in [1.807, 2.05) is 0 Å². The molecule has 0 aliphatic heterocycles. The van der Waals surface area contributed by atoms with Gasteiger partial charge < -0.3 is 20.9 Å². The molecule has 0 aromatic heterocycles. The predicted octanol–water partition coefficient (Wildman–Crippen LogP) is 0.748. The van der Waals surface area contributed by atoms with Gasteiger partial charge in [-0.05, 0) is 19.1 Å². The molecule has 1 rings (SSSR count). The number of phenols is 1. The molecule has 0 radical (unpaired) electrons. The summed E-state index contributed by atoms with van der Waals surface area (Å²) in [5, 5.41) is 11.8. The number of amides is 1. The minimum atomic E-state index is -0.575. The molecule has 0 aliphatic rings. The molecule has 15 heavy (non-hydrogen) atoms. The van der Waals surface area contributed by atoms with E-state index < -0.39 is 6.09 Å². The highest BCUT2D eigenvalue weighted by molar-refractivity contribution is 5.71. The van der Waals surface area contributed by atoms with Crippen LogP contribution >= 0.6 is 0 Å². The zero-order chi connectivity index (χ0) is 11.3. The van der Waals surface area contributed by atoms with Gasteiger partial charge in [0.2, 0.25) is 0 Å². The van der Waals surface area contributed by atoms with Crippen LogP contribution in [-0.4, -0.2) is 24.3 Å². The van der Waals surface area contributed by atoms with Crippen LogP contribution in [0.3, 0.4) is 0 Å². The number of hydrogen-bond donors (Lipinski definition) is 3. The molecule has 0 saturated heterocycles. The van der Waals surface area contributed by atoms with Crippen molar-refractivity contribution in [2.45, 2.75) is 6.92 Å². The van der Waals surface area contributed by atoms with Gasteiger partial charge in [0.05, 0.1) is 0 Å². The van der Waals surface area contributed by atoms with Gasteiger partial charge >= 0.3 is 6.09 Å². The standard InChI is InChI=1S/C10H14N2O3/c1-7-8(13)3-2-4-9(7)15-10(14)12-6-5-11/h2-4,13H,5-6,11H2,1H3,(H,12,14). The zero-order valence-corrected chi connectivity index (χ0v) is 8.49. The number of benzene rings is 1. The Bertz CT molecular complexity index is 353. The second kappa shape index (κ2) is 5.21. The Labute approximate surface area is 87.9 Å². The fraction of sp³-hybridized carbons (Fsp3) is 0.300. The van der Waals surface area contributed by atoms with Crippen LogP contribution in [0.15, 0.2) is 18.2 Å². The Morgan fingerprint density at radius 3 is 3.00 bits per heavy atom. The SMILES string of the molecule is Cc1c(O)cccc1OC(=O)NCCN. The Hall–Kier alpha value is -1.75. The molecule has 5 heteroatoms. The van der Waals surface area contributed by atoms with Crippen LogP contribution in [0.4, 0.5) is 4.79 Å². The van der Waals surface area contributed by atoms with E-state index in [1.165, 1.54) is 6.07 Å². The normalized spacial score (nSPS) is 9.73. The third-order valence-electron chi connectivity index (χ3n) is 1.87. The van der Waals surface area contributed by atoms with Crippen molar-refractivity contribution in [2.75, 3.05) is 13.1 Å². The molecule has 0 unspecified atom stereocenters. The maximum absolute atomic E-state index is 11.2. The van der Waals surface area contributed by atoms with Crippen LogP contribution in [0.2, 0.25) is 0 Å². The quantitative estimate of drug-likeness (QED) is 0.687. The summed E-state index contributed by atoms with van der Waals surface area (Å²) in [6.07, 6.45) is -0.575. The van der Waals surface area contributed by atoms with E-state index in [4.69, 9.17) is 10.5 Å². The van der Waals surface area contributed by atoms with E-state index in [1.54, 1.807) is 19.1 Å². The van der Waals surface area contributed by atoms with E-state index in [0.717, 1.165) is 0 Å². The van der Waals surface area contributed by atoms with Crippen molar-refractivity contribution in [3.05, 3.63) is 23.8 Å². The van der Waals surface area contributed by atoms with Crippen molar-refractivity contribution >= 4 is 6.09 Å². The predicted molar refractivity (Wildman–Crippen MR) is 55.9 cm³/mol. The molecule has 1 aromatic carbocycles. The van der Waals surface area contributed by atoms with Crippen molar-refractivity contribution < 1.29 is 14.6 Å². The van der Waals surface area contributed by atoms with Crippen molar-refractivity contribution in [3.63, 3.8) is 0 Å². The largest absolute Gasteiger partial charge is 0.508 e. The van der Waals surface area contributed by atoms with Crippen molar-refractivity contribution in [3.8, 4) is 11.5 Å². The van der Waals surface area contributed by atoms with Crippen molar-refractivity contribution in [2.24, 2.45) is 5.73 Å². The zero-order valence-electron chi connectivity index (χ0n) is 8.49. The topological polar surface area (TPSA) is 84.6 Å². The monoisotopic (exact) mass is 210 g/mol. The number of nitrogens with one attached hydrogen (secondary N) is 1. The lowest BCUT2D eigenvalue weighted by Crippen LogP contribution is -2.31. The summed E-state index contributed by atoms with van der Waals surface area (Å²) in [5.41, 5.74) is 5.74. The minimum absolute atomic E-state index is 0.0964. The second-order valence-electron chi connectivity index (χ2n) is 3.01. The third kappa shape index (κ3) is 3.14. The average Bonchev–Trinajstić information content (AvgIpc) is 2.22. The van der Waals surface area contributed by atoms with Crippen molar-refractivity contribution in [1.29, 1.82) is 0 Å². The van der Waals surface area contributed by atoms with Gasteiger partial charge in [0, 0.05) is 18.7 Å². The van der Waals surface area contributed by atoms with E-state index in [-0.39, 0.29) is 5.75 Å². The Morgan fingerprint density at radius 1 is 1.60 bits per heavy atom. The molecular formula is C10H14N2O3. The van der Waals surface area contributed by atoms with E-state index >= 15 is 0 Å². The highest BCUT2D eigenvalue weighted by atomic mass is 16.6. The molecule has 0 aliphatic carbocycles. The van der Waals surface area contributed by atoms with Crippen LogP contribution in [0, 0.1) is 6.92 Å². The van der Waals surface area contributed by atoms with Gasteiger partial charge in [-0.2, -0.15) is 0 Å². The number of aromatic hydroxyl groups is 1. The molecule has 4 N–H and O–H groups in total. The number of carbonyl (C=O) groups excluding carboxylic acids is 1. The number of carbonyl (C=O) groups is 1. The first-order valence-electron chi connectivity index (χ1n) is 4.59. The third-order valence-corrected chi connectivity index (χ3v) is 1.87. The summed E-state index contributed by atoms with van der Waals surface area (Å²) >= 11 is 0. The fourth-order valence-electron chi connectivity index (χ4n) is 1.02. The lowest BCUT2D eigenvalue weighted by molar-refractivity contribution is 0.200. The lowest BCUT2D eigenvalue weighted by atomic mass is 10.2. The maximum Gasteiger partial charge on any atom is 0.412 e. The van der Waals surface area contributed by atoms with Gasteiger partial charge in [0.15, 0.2) is 0 Å². The molecule has 1 amide bonds. The lowest BCUT2D eigenvalue weighted by Gasteiger charge is -2.08. The van der Waals surface area contributed by atoms with Gasteiger partial charge in [-0.15, -0.1) is 0 Å². The average molecular weight is 210 g/mol. The summed E-state index contributed by atoms with van der Waals surface area (Å²) in [6.45, 7) is 2.38. The minimum Gasteiger partial charge on any atom is -0.508 e. The number of nitrogens with two attached hydrogens (primary N) is 1. The Morgan fingerprint density at radius 2 is 2.33 bits per heavy atom. The Balaban J connectivity index is 2.64. The van der Waals surface area contributed by atoms with Gasteiger partial charge in [0.25, 0.3) is 0 Å². The van der Waals surface area contributed by atoms with E-state index in [0.29, 0.717) is 24.4 Å². The smallest absolute Gasteiger partial charge is 0.412 e. The molecule has 0 spiro atoms. The van der Waals surface area contributed by atoms with Crippen LogP contribution < -0.4 is 15.8 Å². The molecule has 0 atom stereocenters. The summed E-state index contributed by atoms with van der Waals surface area (Å²) in [4.78, 5) is 11.2. The number of phenolic OH excluding ortho intramolecular Hbond substituents is 1. The molecule has 1 aromatic rings. The molecule has 82 valence electrons. The van der Waals surface area contributed by atoms with Crippen LogP contribution in [0.25, 0.3) is 0 Å². The van der Waals surface area contributed by atoms with Gasteiger partial charge in [-0.25, -0.2) is 4.79 Å². The van der Waals surface area contributed by atoms with Gasteiger partial charge in [-0.3, -0.25) is 0 Å². The van der Waals surface area contributed by atoms with E-state index in [2.05, 4.69) is 5.32 Å². The van der Waals surface area contributed by atoms with E-state index in [9.17, 15) is 9.90 Å². The maximum atomic E-state index is 11.2.